The highest BCUT2D eigenvalue weighted by atomic mass is 127. The summed E-state index contributed by atoms with van der Waals surface area (Å²) in [5.41, 5.74) is 6.80. The van der Waals surface area contributed by atoms with E-state index in [1.54, 1.807) is 13.2 Å². The van der Waals surface area contributed by atoms with Gasteiger partial charge in [-0.15, -0.1) is 24.0 Å². The van der Waals surface area contributed by atoms with Gasteiger partial charge in [0.05, 0.1) is 12.7 Å². The lowest BCUT2D eigenvalue weighted by Crippen LogP contribution is -2.46. The Kier molecular flexibility index (Phi) is 10.6. The predicted octanol–water partition coefficient (Wildman–Crippen LogP) is 4.66. The SMILES string of the molecule is COc1cccc(NC(N)=NCCCCN2CCN(c3cccc(C(F)(F)F)c3)CC2)c1.I. The van der Waals surface area contributed by atoms with Crippen molar-refractivity contribution in [2.24, 2.45) is 10.7 Å². The quantitative estimate of drug-likeness (QED) is 0.207. The number of hydrogen-bond acceptors (Lipinski definition) is 4. The first-order valence-electron chi connectivity index (χ1n) is 10.7. The number of alkyl halides is 3. The number of rotatable bonds is 8. The van der Waals surface area contributed by atoms with Crippen molar-refractivity contribution in [2.45, 2.75) is 19.0 Å². The Hall–Kier alpha value is -2.21. The molecule has 1 heterocycles. The molecule has 6 nitrogen and oxygen atoms in total. The topological polar surface area (TPSA) is 66.1 Å². The molecule has 0 saturated carbocycles. The van der Waals surface area contributed by atoms with E-state index < -0.39 is 11.7 Å². The number of nitrogens with two attached hydrogens (primary N) is 1. The Bertz CT molecular complexity index is 902. The molecule has 2 aromatic rings. The van der Waals surface area contributed by atoms with Crippen molar-refractivity contribution in [3.05, 3.63) is 54.1 Å². The molecule has 1 aliphatic heterocycles. The van der Waals surface area contributed by atoms with Gasteiger partial charge < -0.3 is 20.7 Å². The number of aliphatic imine (C=N–C) groups is 1. The predicted molar refractivity (Wildman–Crippen MR) is 138 cm³/mol. The number of nitrogens with one attached hydrogen (secondary N) is 1. The van der Waals surface area contributed by atoms with Gasteiger partial charge in [0, 0.05) is 50.2 Å². The Morgan fingerprint density at radius 1 is 1.06 bits per heavy atom. The van der Waals surface area contributed by atoms with Crippen molar-refractivity contribution in [3.8, 4) is 5.75 Å². The molecular formula is C23H31F3IN5O. The molecule has 33 heavy (non-hydrogen) atoms. The minimum atomic E-state index is -4.31. The number of anilines is 2. The highest BCUT2D eigenvalue weighted by molar-refractivity contribution is 14.0. The molecular weight excluding hydrogens is 546 g/mol. The van der Waals surface area contributed by atoms with Crippen LogP contribution in [0.25, 0.3) is 0 Å². The molecule has 0 aliphatic carbocycles. The van der Waals surface area contributed by atoms with E-state index in [0.29, 0.717) is 18.2 Å². The lowest BCUT2D eigenvalue weighted by atomic mass is 10.1. The van der Waals surface area contributed by atoms with Crippen LogP contribution in [0.4, 0.5) is 24.5 Å². The van der Waals surface area contributed by atoms with Crippen LogP contribution in [0.3, 0.4) is 0 Å². The minimum absolute atomic E-state index is 0. The first-order chi connectivity index (χ1) is 15.3. The zero-order valence-corrected chi connectivity index (χ0v) is 21.0. The van der Waals surface area contributed by atoms with Crippen molar-refractivity contribution in [1.82, 2.24) is 4.90 Å². The van der Waals surface area contributed by atoms with E-state index >= 15 is 0 Å². The molecule has 2 aromatic carbocycles. The molecule has 0 amide bonds. The van der Waals surface area contributed by atoms with E-state index in [4.69, 9.17) is 10.5 Å². The monoisotopic (exact) mass is 577 g/mol. The van der Waals surface area contributed by atoms with Crippen LogP contribution in [0.2, 0.25) is 0 Å². The van der Waals surface area contributed by atoms with Crippen molar-refractivity contribution < 1.29 is 17.9 Å². The summed E-state index contributed by atoms with van der Waals surface area (Å²) in [5, 5.41) is 3.05. The summed E-state index contributed by atoms with van der Waals surface area (Å²) in [4.78, 5) is 8.72. The normalized spacial score (nSPS) is 15.2. The molecule has 10 heteroatoms. The molecule has 1 fully saturated rings. The Labute approximate surface area is 210 Å². The number of ether oxygens (including phenoxy) is 1. The van der Waals surface area contributed by atoms with Gasteiger partial charge in [-0.3, -0.25) is 9.89 Å². The third-order valence-electron chi connectivity index (χ3n) is 5.42. The number of hydrogen-bond donors (Lipinski definition) is 2. The number of nitrogens with zero attached hydrogens (tertiary/aromatic N) is 3. The summed E-state index contributed by atoms with van der Waals surface area (Å²) in [6.07, 6.45) is -2.42. The van der Waals surface area contributed by atoms with Gasteiger partial charge in [0.15, 0.2) is 5.96 Å². The number of piperazine rings is 1. The first kappa shape index (κ1) is 27.0. The average Bonchev–Trinajstić information content (AvgIpc) is 2.79. The maximum absolute atomic E-state index is 12.9. The minimum Gasteiger partial charge on any atom is -0.497 e. The van der Waals surface area contributed by atoms with Gasteiger partial charge in [-0.05, 0) is 49.7 Å². The van der Waals surface area contributed by atoms with Gasteiger partial charge in [-0.2, -0.15) is 13.2 Å². The van der Waals surface area contributed by atoms with Crippen LogP contribution in [0, 0.1) is 0 Å². The third-order valence-corrected chi connectivity index (χ3v) is 5.42. The van der Waals surface area contributed by atoms with Crippen LogP contribution in [0.1, 0.15) is 18.4 Å². The molecule has 0 atom stereocenters. The Balaban J connectivity index is 0.00000385. The van der Waals surface area contributed by atoms with Crippen molar-refractivity contribution in [3.63, 3.8) is 0 Å². The summed E-state index contributed by atoms with van der Waals surface area (Å²) in [7, 11) is 1.61. The van der Waals surface area contributed by atoms with E-state index in [-0.39, 0.29) is 24.0 Å². The van der Waals surface area contributed by atoms with Crippen LogP contribution in [0.5, 0.6) is 5.75 Å². The van der Waals surface area contributed by atoms with Crippen molar-refractivity contribution in [1.29, 1.82) is 0 Å². The maximum Gasteiger partial charge on any atom is 0.416 e. The lowest BCUT2D eigenvalue weighted by molar-refractivity contribution is -0.137. The summed E-state index contributed by atoms with van der Waals surface area (Å²) >= 11 is 0. The summed E-state index contributed by atoms with van der Waals surface area (Å²) in [6, 6.07) is 13.0. The fourth-order valence-corrected chi connectivity index (χ4v) is 3.64. The second-order valence-electron chi connectivity index (χ2n) is 7.71. The highest BCUT2D eigenvalue weighted by Gasteiger charge is 2.31. The van der Waals surface area contributed by atoms with Crippen molar-refractivity contribution in [2.75, 3.05) is 56.6 Å². The van der Waals surface area contributed by atoms with E-state index in [1.165, 1.54) is 12.1 Å². The second-order valence-corrected chi connectivity index (χ2v) is 7.71. The van der Waals surface area contributed by atoms with E-state index in [0.717, 1.165) is 63.1 Å². The lowest BCUT2D eigenvalue weighted by Gasteiger charge is -2.36. The summed E-state index contributed by atoms with van der Waals surface area (Å²) in [5.74, 6) is 1.11. The zero-order valence-electron chi connectivity index (χ0n) is 18.6. The zero-order chi connectivity index (χ0) is 23.0. The van der Waals surface area contributed by atoms with Crippen molar-refractivity contribution >= 4 is 41.3 Å². The molecule has 0 bridgehead atoms. The van der Waals surface area contributed by atoms with Gasteiger partial charge in [-0.25, -0.2) is 0 Å². The summed E-state index contributed by atoms with van der Waals surface area (Å²) < 4.78 is 44.0. The van der Waals surface area contributed by atoms with Crippen LogP contribution < -0.4 is 20.7 Å². The van der Waals surface area contributed by atoms with Gasteiger partial charge in [-0.1, -0.05) is 12.1 Å². The Morgan fingerprint density at radius 3 is 2.48 bits per heavy atom. The number of methoxy groups -OCH3 is 1. The second kappa shape index (κ2) is 12.9. The van der Waals surface area contributed by atoms with E-state index in [9.17, 15) is 13.2 Å². The molecule has 0 radical (unpaired) electrons. The van der Waals surface area contributed by atoms with Crippen LogP contribution in [-0.2, 0) is 6.18 Å². The fourth-order valence-electron chi connectivity index (χ4n) is 3.64. The van der Waals surface area contributed by atoms with Crippen LogP contribution in [0.15, 0.2) is 53.5 Å². The Morgan fingerprint density at radius 2 is 1.79 bits per heavy atom. The van der Waals surface area contributed by atoms with E-state index in [1.807, 2.05) is 29.2 Å². The maximum atomic E-state index is 12.9. The molecule has 1 saturated heterocycles. The van der Waals surface area contributed by atoms with E-state index in [2.05, 4.69) is 15.2 Å². The van der Waals surface area contributed by atoms with Gasteiger partial charge in [0.2, 0.25) is 0 Å². The van der Waals surface area contributed by atoms with Gasteiger partial charge in [0.25, 0.3) is 0 Å². The number of halogens is 4. The molecule has 1 aliphatic rings. The highest BCUT2D eigenvalue weighted by Crippen LogP contribution is 2.31. The number of benzene rings is 2. The number of guanidine groups is 1. The van der Waals surface area contributed by atoms with Crippen LogP contribution >= 0.6 is 24.0 Å². The molecule has 3 N–H and O–H groups in total. The standard InChI is InChI=1S/C23H30F3N5O.HI/c1-32-21-9-5-7-19(17-21)29-22(27)28-10-2-3-11-30-12-14-31(15-13-30)20-8-4-6-18(16-20)23(24,25)26;/h4-9,16-17H,2-3,10-15H2,1H3,(H3,27,28,29);1H. The molecule has 182 valence electrons. The molecule has 0 unspecified atom stereocenters. The molecule has 0 spiro atoms. The van der Waals surface area contributed by atoms with Gasteiger partial charge in [0.1, 0.15) is 5.75 Å². The largest absolute Gasteiger partial charge is 0.497 e. The summed E-state index contributed by atoms with van der Waals surface area (Å²) in [6.45, 7) is 4.67. The molecule has 0 aromatic heterocycles. The smallest absolute Gasteiger partial charge is 0.416 e. The molecule has 3 rings (SSSR count). The third kappa shape index (κ3) is 8.58. The van der Waals surface area contributed by atoms with Gasteiger partial charge >= 0.3 is 6.18 Å². The first-order valence-corrected chi connectivity index (χ1v) is 10.7. The number of unbranched alkanes of at least 4 members (excludes halogenated alkanes) is 1. The van der Waals surface area contributed by atoms with Crippen LogP contribution in [-0.4, -0.2) is 57.2 Å². The fraction of sp³-hybridized carbons (Fsp3) is 0.435. The average molecular weight is 577 g/mol.